The molecule has 4 nitrogen and oxygen atoms in total. The molecule has 0 aliphatic rings. The Morgan fingerprint density at radius 3 is 2.42 bits per heavy atom. The summed E-state index contributed by atoms with van der Waals surface area (Å²) in [4.78, 5) is 8.69. The summed E-state index contributed by atoms with van der Waals surface area (Å²) >= 11 is 0. The van der Waals surface area contributed by atoms with Gasteiger partial charge >= 0.3 is 0 Å². The molecule has 3 aromatic rings. The van der Waals surface area contributed by atoms with Gasteiger partial charge in [0.1, 0.15) is 0 Å². The first-order chi connectivity index (χ1) is 11.6. The molecule has 2 heterocycles. The van der Waals surface area contributed by atoms with Crippen LogP contribution in [-0.4, -0.2) is 22.9 Å². The number of hydrogen-bond donors (Lipinski definition) is 0. The van der Waals surface area contributed by atoms with Gasteiger partial charge in [0.25, 0.3) is 0 Å². The number of pyridine rings is 1. The molecule has 0 radical (unpaired) electrons. The minimum atomic E-state index is 0.589. The molecule has 0 aliphatic heterocycles. The molecule has 0 atom stereocenters. The van der Waals surface area contributed by atoms with E-state index in [1.54, 1.807) is 13.3 Å². The third-order valence-electron chi connectivity index (χ3n) is 4.05. The summed E-state index contributed by atoms with van der Waals surface area (Å²) < 4.78 is 7.30. The molecular weight excluding hydrogens is 298 g/mol. The van der Waals surface area contributed by atoms with E-state index in [0.29, 0.717) is 5.88 Å². The summed E-state index contributed by atoms with van der Waals surface area (Å²) in [6.45, 7) is 6.32. The molecule has 3 rings (SSSR count). The molecule has 1 aromatic carbocycles. The Bertz CT molecular complexity index is 859. The van der Waals surface area contributed by atoms with E-state index < -0.39 is 0 Å². The number of hydrogen-bond acceptors (Lipinski definition) is 3. The van der Waals surface area contributed by atoms with Crippen molar-refractivity contribution in [2.24, 2.45) is 4.99 Å². The van der Waals surface area contributed by atoms with E-state index in [2.05, 4.69) is 65.6 Å². The van der Waals surface area contributed by atoms with Crippen LogP contribution < -0.4 is 4.74 Å². The van der Waals surface area contributed by atoms with Crippen molar-refractivity contribution in [1.82, 2.24) is 9.55 Å². The smallest absolute Gasteiger partial charge is 0.213 e. The predicted octanol–water partition coefficient (Wildman–Crippen LogP) is 4.56. The molecule has 0 unspecified atom stereocenters. The average molecular weight is 319 g/mol. The lowest BCUT2D eigenvalue weighted by Gasteiger charge is -2.09. The zero-order valence-corrected chi connectivity index (χ0v) is 14.4. The highest BCUT2D eigenvalue weighted by atomic mass is 16.5. The van der Waals surface area contributed by atoms with Crippen LogP contribution >= 0.6 is 0 Å². The first kappa shape index (κ1) is 16.0. The highest BCUT2D eigenvalue weighted by Crippen LogP contribution is 2.21. The Labute approximate surface area is 142 Å². The number of methoxy groups -OCH3 is 1. The standard InChI is InChI=1S/C20H21N3O/c1-14-5-8-19(9-6-14)23-15(2)11-17(16(23)3)12-21-18-7-10-20(24-4)22-13-18/h5-13H,1-4H3. The Morgan fingerprint density at radius 2 is 1.79 bits per heavy atom. The summed E-state index contributed by atoms with van der Waals surface area (Å²) in [6.07, 6.45) is 3.59. The van der Waals surface area contributed by atoms with Crippen molar-refractivity contribution >= 4 is 11.9 Å². The number of aryl methyl sites for hydroxylation is 2. The summed E-state index contributed by atoms with van der Waals surface area (Å²) in [5.41, 5.74) is 6.68. The van der Waals surface area contributed by atoms with Crippen LogP contribution in [0, 0.1) is 20.8 Å². The molecule has 0 saturated carbocycles. The van der Waals surface area contributed by atoms with E-state index in [0.717, 1.165) is 11.3 Å². The van der Waals surface area contributed by atoms with E-state index in [-0.39, 0.29) is 0 Å². The molecule has 0 N–H and O–H groups in total. The number of rotatable bonds is 4. The van der Waals surface area contributed by atoms with Crippen molar-refractivity contribution in [3.63, 3.8) is 0 Å². The van der Waals surface area contributed by atoms with Gasteiger partial charge in [-0.2, -0.15) is 0 Å². The molecule has 122 valence electrons. The van der Waals surface area contributed by atoms with Gasteiger partial charge in [-0.1, -0.05) is 17.7 Å². The maximum atomic E-state index is 5.06. The van der Waals surface area contributed by atoms with Crippen LogP contribution in [0.15, 0.2) is 53.7 Å². The van der Waals surface area contributed by atoms with E-state index in [4.69, 9.17) is 4.74 Å². The number of nitrogens with zero attached hydrogens (tertiary/aromatic N) is 3. The number of benzene rings is 1. The van der Waals surface area contributed by atoms with Gasteiger partial charge in [0.05, 0.1) is 19.0 Å². The minimum absolute atomic E-state index is 0.589. The van der Waals surface area contributed by atoms with Crippen LogP contribution in [0.2, 0.25) is 0 Å². The molecule has 0 fully saturated rings. The van der Waals surface area contributed by atoms with Crippen molar-refractivity contribution < 1.29 is 4.74 Å². The maximum absolute atomic E-state index is 5.06. The lowest BCUT2D eigenvalue weighted by atomic mass is 10.2. The molecule has 24 heavy (non-hydrogen) atoms. The Kier molecular flexibility index (Phi) is 4.47. The number of ether oxygens (including phenoxy) is 1. The summed E-state index contributed by atoms with van der Waals surface area (Å²) in [7, 11) is 1.60. The SMILES string of the molecule is COc1ccc(N=Cc2cc(C)n(-c3ccc(C)cc3)c2C)cn1. The number of aliphatic imine (C=N–C) groups is 1. The fraction of sp³-hybridized carbons (Fsp3) is 0.200. The third kappa shape index (κ3) is 3.23. The van der Waals surface area contributed by atoms with Crippen molar-refractivity contribution in [1.29, 1.82) is 0 Å². The monoisotopic (exact) mass is 319 g/mol. The largest absolute Gasteiger partial charge is 0.481 e. The van der Waals surface area contributed by atoms with Gasteiger partial charge in [-0.25, -0.2) is 4.98 Å². The van der Waals surface area contributed by atoms with Crippen LogP contribution in [-0.2, 0) is 0 Å². The van der Waals surface area contributed by atoms with Gasteiger partial charge in [0.15, 0.2) is 0 Å². The summed E-state index contributed by atoms with van der Waals surface area (Å²) in [6, 6.07) is 14.4. The highest BCUT2D eigenvalue weighted by molar-refractivity contribution is 5.84. The zero-order chi connectivity index (χ0) is 17.1. The molecule has 0 bridgehead atoms. The summed E-state index contributed by atoms with van der Waals surface area (Å²) in [5, 5.41) is 0. The van der Waals surface area contributed by atoms with Crippen LogP contribution in [0.1, 0.15) is 22.5 Å². The third-order valence-corrected chi connectivity index (χ3v) is 4.05. The molecule has 4 heteroatoms. The molecule has 0 aliphatic carbocycles. The second-order valence-electron chi connectivity index (χ2n) is 5.81. The van der Waals surface area contributed by atoms with E-state index in [9.17, 15) is 0 Å². The van der Waals surface area contributed by atoms with Crippen LogP contribution in [0.5, 0.6) is 5.88 Å². The van der Waals surface area contributed by atoms with Crippen LogP contribution in [0.4, 0.5) is 5.69 Å². The van der Waals surface area contributed by atoms with Gasteiger partial charge in [0.2, 0.25) is 5.88 Å². The maximum Gasteiger partial charge on any atom is 0.213 e. The second-order valence-corrected chi connectivity index (χ2v) is 5.81. The van der Waals surface area contributed by atoms with Crippen LogP contribution in [0.3, 0.4) is 0 Å². The normalized spacial score (nSPS) is 11.2. The first-order valence-electron chi connectivity index (χ1n) is 7.88. The fourth-order valence-electron chi connectivity index (χ4n) is 2.72. The van der Waals surface area contributed by atoms with Gasteiger partial charge in [-0.15, -0.1) is 0 Å². The lowest BCUT2D eigenvalue weighted by Crippen LogP contribution is -1.99. The zero-order valence-electron chi connectivity index (χ0n) is 14.4. The lowest BCUT2D eigenvalue weighted by molar-refractivity contribution is 0.398. The predicted molar refractivity (Wildman–Crippen MR) is 98.0 cm³/mol. The van der Waals surface area contributed by atoms with Crippen molar-refractivity contribution in [2.75, 3.05) is 7.11 Å². The molecular formula is C20H21N3O. The Morgan fingerprint density at radius 1 is 1.04 bits per heavy atom. The summed E-state index contributed by atoms with van der Waals surface area (Å²) in [5.74, 6) is 0.589. The molecule has 2 aromatic heterocycles. The second kappa shape index (κ2) is 6.71. The minimum Gasteiger partial charge on any atom is -0.481 e. The molecule has 0 spiro atoms. The first-order valence-corrected chi connectivity index (χ1v) is 7.88. The van der Waals surface area contributed by atoms with Crippen molar-refractivity contribution in [2.45, 2.75) is 20.8 Å². The van der Waals surface area contributed by atoms with Gasteiger partial charge < -0.3 is 9.30 Å². The number of aromatic nitrogens is 2. The topological polar surface area (TPSA) is 39.4 Å². The van der Waals surface area contributed by atoms with Crippen molar-refractivity contribution in [3.05, 3.63) is 71.2 Å². The highest BCUT2D eigenvalue weighted by Gasteiger charge is 2.09. The van der Waals surface area contributed by atoms with Gasteiger partial charge in [-0.3, -0.25) is 4.99 Å². The van der Waals surface area contributed by atoms with Gasteiger partial charge in [-0.05, 0) is 45.0 Å². The van der Waals surface area contributed by atoms with E-state index in [1.165, 1.54) is 22.6 Å². The van der Waals surface area contributed by atoms with Crippen molar-refractivity contribution in [3.8, 4) is 11.6 Å². The molecule has 0 amide bonds. The van der Waals surface area contributed by atoms with E-state index >= 15 is 0 Å². The van der Waals surface area contributed by atoms with E-state index in [1.807, 2.05) is 18.3 Å². The quantitative estimate of drug-likeness (QED) is 0.661. The molecule has 0 saturated heterocycles. The Balaban J connectivity index is 1.90. The average Bonchev–Trinajstić information content (AvgIpc) is 2.88. The Hall–Kier alpha value is -2.88. The van der Waals surface area contributed by atoms with Crippen LogP contribution in [0.25, 0.3) is 5.69 Å². The fourth-order valence-corrected chi connectivity index (χ4v) is 2.72. The van der Waals surface area contributed by atoms with Gasteiger partial charge in [0, 0.05) is 34.9 Å².